The minimum Gasteiger partial charge on any atom is -0.206 e. The molecule has 46 heavy (non-hydrogen) atoms. The predicted octanol–water partition coefficient (Wildman–Crippen LogP) is 11.8. The molecule has 0 heterocycles. The van der Waals surface area contributed by atoms with E-state index in [1.165, 1.54) is 24.3 Å². The van der Waals surface area contributed by atoms with E-state index >= 15 is 0 Å². The fraction of sp³-hybridized carbons (Fsp3) is 0.0526. The van der Waals surface area contributed by atoms with Crippen molar-refractivity contribution in [2.75, 3.05) is 0 Å². The smallest absolute Gasteiger partial charge is 0.194 e. The summed E-state index contributed by atoms with van der Waals surface area (Å²) in [6.45, 7) is 3.90. The van der Waals surface area contributed by atoms with Gasteiger partial charge in [-0.05, 0) is 83.6 Å². The van der Waals surface area contributed by atoms with Crippen molar-refractivity contribution in [1.29, 1.82) is 0 Å². The molecule has 0 bridgehead atoms. The van der Waals surface area contributed by atoms with Crippen LogP contribution in [-0.4, -0.2) is 0 Å². The van der Waals surface area contributed by atoms with Crippen LogP contribution in [0.25, 0.3) is 44.5 Å². The Kier molecular flexibility index (Phi) is 9.37. The fourth-order valence-corrected chi connectivity index (χ4v) is 4.77. The van der Waals surface area contributed by atoms with Gasteiger partial charge in [-0.1, -0.05) is 83.9 Å². The van der Waals surface area contributed by atoms with Crippen molar-refractivity contribution < 1.29 is 35.1 Å². The SMILES string of the molecule is Cc1ccc(-c2ccc(-c3cc(F)c(F)c(F)c3)c(F)c2)cc1.Cc1ccc(-c2ccc(-c3cc(F)c(F)c(F)c3)c(F)c2)cc1. The normalized spacial score (nSPS) is 10.8. The Labute approximate surface area is 260 Å². The molecule has 0 radical (unpaired) electrons. The van der Waals surface area contributed by atoms with E-state index < -0.39 is 46.5 Å². The summed E-state index contributed by atoms with van der Waals surface area (Å²) in [5.74, 6) is -9.77. The van der Waals surface area contributed by atoms with E-state index in [1.807, 2.05) is 62.4 Å². The Balaban J connectivity index is 0.000000181. The molecule has 0 aliphatic carbocycles. The van der Waals surface area contributed by atoms with Crippen LogP contribution in [0, 0.1) is 60.4 Å². The molecule has 0 fully saturated rings. The van der Waals surface area contributed by atoms with Crippen LogP contribution in [0.3, 0.4) is 0 Å². The molecule has 0 nitrogen and oxygen atoms in total. The van der Waals surface area contributed by atoms with Crippen LogP contribution in [0.5, 0.6) is 0 Å². The third-order valence-corrected chi connectivity index (χ3v) is 7.30. The lowest BCUT2D eigenvalue weighted by Crippen LogP contribution is -1.94. The lowest BCUT2D eigenvalue weighted by Gasteiger charge is -2.08. The lowest BCUT2D eigenvalue weighted by molar-refractivity contribution is 0.447. The van der Waals surface area contributed by atoms with E-state index in [0.29, 0.717) is 11.1 Å². The summed E-state index contributed by atoms with van der Waals surface area (Å²) in [5.41, 5.74) is 5.06. The van der Waals surface area contributed by atoms with Crippen molar-refractivity contribution >= 4 is 0 Å². The van der Waals surface area contributed by atoms with Gasteiger partial charge in [0.15, 0.2) is 34.9 Å². The van der Waals surface area contributed by atoms with E-state index in [0.717, 1.165) is 46.5 Å². The standard InChI is InChI=1S/2C19H12F4/c2*1-11-2-4-12(5-3-11)13-6-7-15(16(20)8-13)14-9-17(21)19(23)18(22)10-14/h2*2-10H,1H3. The molecular weight excluding hydrogens is 608 g/mol. The average Bonchev–Trinajstić information content (AvgIpc) is 3.03. The second-order valence-electron chi connectivity index (χ2n) is 10.6. The first-order valence-corrected chi connectivity index (χ1v) is 13.9. The molecule has 0 saturated heterocycles. The highest BCUT2D eigenvalue weighted by molar-refractivity contribution is 5.72. The Morgan fingerprint density at radius 3 is 0.826 bits per heavy atom. The molecule has 6 aromatic rings. The zero-order valence-electron chi connectivity index (χ0n) is 24.4. The molecule has 6 aromatic carbocycles. The van der Waals surface area contributed by atoms with Crippen LogP contribution in [0.1, 0.15) is 11.1 Å². The predicted molar refractivity (Wildman–Crippen MR) is 164 cm³/mol. The number of rotatable bonds is 4. The Bertz CT molecular complexity index is 1840. The first-order valence-electron chi connectivity index (χ1n) is 13.9. The van der Waals surface area contributed by atoms with E-state index in [9.17, 15) is 35.1 Å². The van der Waals surface area contributed by atoms with Crippen LogP contribution in [-0.2, 0) is 0 Å². The van der Waals surface area contributed by atoms with Crippen LogP contribution in [0.4, 0.5) is 35.1 Å². The Morgan fingerprint density at radius 1 is 0.283 bits per heavy atom. The van der Waals surface area contributed by atoms with E-state index in [2.05, 4.69) is 0 Å². The maximum atomic E-state index is 14.3. The molecule has 6 rings (SSSR count). The molecule has 0 unspecified atom stereocenters. The molecule has 0 aliphatic heterocycles. The zero-order valence-corrected chi connectivity index (χ0v) is 24.4. The van der Waals surface area contributed by atoms with Gasteiger partial charge in [-0.2, -0.15) is 0 Å². The fourth-order valence-electron chi connectivity index (χ4n) is 4.77. The summed E-state index contributed by atoms with van der Waals surface area (Å²) in [4.78, 5) is 0. The number of hydrogen-bond donors (Lipinski definition) is 0. The third kappa shape index (κ3) is 7.01. The first kappa shape index (κ1) is 32.2. The number of benzene rings is 6. The van der Waals surface area contributed by atoms with E-state index in [1.54, 1.807) is 12.1 Å². The van der Waals surface area contributed by atoms with E-state index in [4.69, 9.17) is 0 Å². The lowest BCUT2D eigenvalue weighted by atomic mass is 9.99. The third-order valence-electron chi connectivity index (χ3n) is 7.30. The first-order chi connectivity index (χ1) is 21.9. The summed E-state index contributed by atoms with van der Waals surface area (Å²) < 4.78 is 108. The van der Waals surface area contributed by atoms with Gasteiger partial charge in [0.1, 0.15) is 11.6 Å². The van der Waals surface area contributed by atoms with Crippen molar-refractivity contribution in [2.24, 2.45) is 0 Å². The maximum absolute atomic E-state index is 14.3. The highest BCUT2D eigenvalue weighted by Gasteiger charge is 2.16. The van der Waals surface area contributed by atoms with Gasteiger partial charge < -0.3 is 0 Å². The quantitative estimate of drug-likeness (QED) is 0.134. The van der Waals surface area contributed by atoms with Gasteiger partial charge in [0, 0.05) is 11.1 Å². The highest BCUT2D eigenvalue weighted by atomic mass is 19.2. The molecule has 0 aromatic heterocycles. The van der Waals surface area contributed by atoms with Gasteiger partial charge in [-0.15, -0.1) is 0 Å². The summed E-state index contributed by atoms with van der Waals surface area (Å²) in [6, 6.07) is 26.9. The van der Waals surface area contributed by atoms with Gasteiger partial charge in [-0.25, -0.2) is 35.1 Å². The molecule has 0 atom stereocenters. The summed E-state index contributed by atoms with van der Waals surface area (Å²) in [5, 5.41) is 0. The minimum atomic E-state index is -1.56. The number of aryl methyl sites for hydroxylation is 2. The highest BCUT2D eigenvalue weighted by Crippen LogP contribution is 2.31. The van der Waals surface area contributed by atoms with Crippen LogP contribution >= 0.6 is 0 Å². The van der Waals surface area contributed by atoms with E-state index in [-0.39, 0.29) is 22.3 Å². The van der Waals surface area contributed by atoms with Gasteiger partial charge in [-0.3, -0.25) is 0 Å². The number of halogens is 8. The maximum Gasteiger partial charge on any atom is 0.194 e. The molecule has 0 aliphatic rings. The monoisotopic (exact) mass is 632 g/mol. The topological polar surface area (TPSA) is 0 Å². The average molecular weight is 633 g/mol. The van der Waals surface area contributed by atoms with Gasteiger partial charge in [0.2, 0.25) is 0 Å². The van der Waals surface area contributed by atoms with Crippen molar-refractivity contribution in [3.63, 3.8) is 0 Å². The molecule has 0 saturated carbocycles. The molecule has 0 spiro atoms. The van der Waals surface area contributed by atoms with Crippen molar-refractivity contribution in [1.82, 2.24) is 0 Å². The molecular formula is C38H24F8. The molecule has 0 amide bonds. The number of hydrogen-bond acceptors (Lipinski definition) is 0. The zero-order chi connectivity index (χ0) is 33.1. The van der Waals surface area contributed by atoms with Gasteiger partial charge in [0.25, 0.3) is 0 Å². The van der Waals surface area contributed by atoms with Crippen LogP contribution in [0.2, 0.25) is 0 Å². The largest absolute Gasteiger partial charge is 0.206 e. The summed E-state index contributed by atoms with van der Waals surface area (Å²) in [7, 11) is 0. The summed E-state index contributed by atoms with van der Waals surface area (Å²) >= 11 is 0. The molecule has 232 valence electrons. The summed E-state index contributed by atoms with van der Waals surface area (Å²) in [6.07, 6.45) is 0. The molecule has 8 heteroatoms. The van der Waals surface area contributed by atoms with Crippen LogP contribution < -0.4 is 0 Å². The Morgan fingerprint density at radius 2 is 0.543 bits per heavy atom. The van der Waals surface area contributed by atoms with Gasteiger partial charge >= 0.3 is 0 Å². The van der Waals surface area contributed by atoms with Gasteiger partial charge in [0.05, 0.1) is 0 Å². The van der Waals surface area contributed by atoms with Crippen molar-refractivity contribution in [2.45, 2.75) is 13.8 Å². The van der Waals surface area contributed by atoms with Crippen LogP contribution in [0.15, 0.2) is 109 Å². The molecule has 0 N–H and O–H groups in total. The second-order valence-corrected chi connectivity index (χ2v) is 10.6. The Hall–Kier alpha value is -5.24. The minimum absolute atomic E-state index is 0.0126. The van der Waals surface area contributed by atoms with Crippen molar-refractivity contribution in [3.05, 3.63) is 167 Å². The van der Waals surface area contributed by atoms with Crippen molar-refractivity contribution in [3.8, 4) is 44.5 Å². The second kappa shape index (κ2) is 13.4.